The number of ether oxygens (including phenoxy) is 2. The van der Waals surface area contributed by atoms with E-state index in [-0.39, 0.29) is 17.9 Å². The topological polar surface area (TPSA) is 54.9 Å². The van der Waals surface area contributed by atoms with E-state index in [4.69, 9.17) is 9.47 Å². The van der Waals surface area contributed by atoms with Crippen LogP contribution in [0.25, 0.3) is 0 Å². The number of esters is 1. The SMILES string of the molecule is CCN(Cc1ccc(Oc2ccc(F)cc2)cc1)[C@H]1CCN(c2ncccc2C(=O)OC(C)C)C1. The van der Waals surface area contributed by atoms with Gasteiger partial charge in [0.15, 0.2) is 0 Å². The van der Waals surface area contributed by atoms with E-state index in [1.807, 2.05) is 26.0 Å². The Hall–Kier alpha value is -3.45. The zero-order chi connectivity index (χ0) is 24.8. The highest BCUT2D eigenvalue weighted by Crippen LogP contribution is 2.27. The van der Waals surface area contributed by atoms with Crippen LogP contribution in [-0.2, 0) is 11.3 Å². The molecule has 35 heavy (non-hydrogen) atoms. The van der Waals surface area contributed by atoms with Crippen LogP contribution in [0, 0.1) is 5.82 Å². The van der Waals surface area contributed by atoms with E-state index in [0.29, 0.717) is 28.9 Å². The number of pyridine rings is 1. The summed E-state index contributed by atoms with van der Waals surface area (Å²) in [7, 11) is 0. The molecule has 0 amide bonds. The van der Waals surface area contributed by atoms with Crippen molar-refractivity contribution >= 4 is 11.8 Å². The van der Waals surface area contributed by atoms with E-state index in [1.54, 1.807) is 30.5 Å². The lowest BCUT2D eigenvalue weighted by molar-refractivity contribution is 0.0378. The Bertz CT molecular complexity index is 1120. The number of benzene rings is 2. The van der Waals surface area contributed by atoms with Gasteiger partial charge in [-0.15, -0.1) is 0 Å². The van der Waals surface area contributed by atoms with Gasteiger partial charge in [-0.05, 0) is 80.9 Å². The minimum atomic E-state index is -0.332. The van der Waals surface area contributed by atoms with Crippen LogP contribution in [0.2, 0.25) is 0 Å². The minimum Gasteiger partial charge on any atom is -0.459 e. The standard InChI is InChI=1S/C28H32FN3O3/c1-4-31(18-21-7-11-24(12-8-21)35-25-13-9-22(29)10-14-25)23-15-17-32(19-23)27-26(6-5-16-30-27)28(33)34-20(2)3/h5-14,16,20,23H,4,15,17-19H2,1-3H3/t23-/m0/s1. The van der Waals surface area contributed by atoms with Crippen molar-refractivity contribution in [3.63, 3.8) is 0 Å². The van der Waals surface area contributed by atoms with Gasteiger partial charge in [0.1, 0.15) is 28.7 Å². The van der Waals surface area contributed by atoms with Crippen molar-refractivity contribution in [3.05, 3.63) is 83.8 Å². The third kappa shape index (κ3) is 6.36. The molecule has 1 aliphatic rings. The molecule has 2 aromatic carbocycles. The summed E-state index contributed by atoms with van der Waals surface area (Å²) in [5, 5.41) is 0. The first-order chi connectivity index (χ1) is 16.9. The van der Waals surface area contributed by atoms with Gasteiger partial charge >= 0.3 is 5.97 Å². The van der Waals surface area contributed by atoms with Gasteiger partial charge in [0.05, 0.1) is 6.10 Å². The molecular formula is C28H32FN3O3. The number of hydrogen-bond acceptors (Lipinski definition) is 6. The molecule has 1 aromatic heterocycles. The average Bonchev–Trinajstić information content (AvgIpc) is 3.34. The van der Waals surface area contributed by atoms with E-state index in [2.05, 4.69) is 33.8 Å². The van der Waals surface area contributed by atoms with Crippen molar-refractivity contribution in [3.8, 4) is 11.5 Å². The van der Waals surface area contributed by atoms with Crippen LogP contribution in [-0.4, -0.2) is 47.6 Å². The molecule has 0 unspecified atom stereocenters. The number of nitrogens with zero attached hydrogens (tertiary/aromatic N) is 3. The number of rotatable bonds is 9. The van der Waals surface area contributed by atoms with E-state index >= 15 is 0 Å². The third-order valence-electron chi connectivity index (χ3n) is 6.09. The van der Waals surface area contributed by atoms with Crippen LogP contribution >= 0.6 is 0 Å². The van der Waals surface area contributed by atoms with Gasteiger partial charge in [-0.25, -0.2) is 14.2 Å². The van der Waals surface area contributed by atoms with Gasteiger partial charge in [0, 0.05) is 31.9 Å². The number of carbonyl (C=O) groups is 1. The fraction of sp³-hybridized carbons (Fsp3) is 0.357. The van der Waals surface area contributed by atoms with Crippen LogP contribution in [0.1, 0.15) is 43.1 Å². The Kier molecular flexibility index (Phi) is 7.98. The minimum absolute atomic E-state index is 0.176. The number of likely N-dealkylation sites (N-methyl/N-ethyl adjacent to an activating group) is 1. The molecule has 6 nitrogen and oxygen atoms in total. The molecule has 1 saturated heterocycles. The quantitative estimate of drug-likeness (QED) is 0.370. The molecule has 1 atom stereocenters. The van der Waals surface area contributed by atoms with E-state index in [9.17, 15) is 9.18 Å². The number of hydrogen-bond donors (Lipinski definition) is 0. The maximum atomic E-state index is 13.1. The third-order valence-corrected chi connectivity index (χ3v) is 6.09. The maximum absolute atomic E-state index is 13.1. The predicted octanol–water partition coefficient (Wildman–Crippen LogP) is 5.68. The van der Waals surface area contributed by atoms with Gasteiger partial charge in [0.2, 0.25) is 0 Å². The van der Waals surface area contributed by atoms with Crippen LogP contribution in [0.4, 0.5) is 10.2 Å². The van der Waals surface area contributed by atoms with Crippen molar-refractivity contribution in [1.82, 2.24) is 9.88 Å². The maximum Gasteiger partial charge on any atom is 0.342 e. The monoisotopic (exact) mass is 477 g/mol. The van der Waals surface area contributed by atoms with Crippen molar-refractivity contribution in [1.29, 1.82) is 0 Å². The molecule has 3 aromatic rings. The molecule has 1 aliphatic heterocycles. The lowest BCUT2D eigenvalue weighted by atomic mass is 10.1. The summed E-state index contributed by atoms with van der Waals surface area (Å²) in [6, 6.07) is 17.9. The molecular weight excluding hydrogens is 445 g/mol. The summed E-state index contributed by atoms with van der Waals surface area (Å²) in [6.45, 7) is 9.23. The number of anilines is 1. The van der Waals surface area contributed by atoms with Crippen molar-refractivity contribution in [2.45, 2.75) is 45.9 Å². The largest absolute Gasteiger partial charge is 0.459 e. The molecule has 184 valence electrons. The van der Waals surface area contributed by atoms with Crippen molar-refractivity contribution < 1.29 is 18.7 Å². The van der Waals surface area contributed by atoms with Gasteiger partial charge in [-0.2, -0.15) is 0 Å². The summed E-state index contributed by atoms with van der Waals surface area (Å²) in [5.41, 5.74) is 1.71. The molecule has 0 saturated carbocycles. The molecule has 0 radical (unpaired) electrons. The van der Waals surface area contributed by atoms with Gasteiger partial charge in [-0.1, -0.05) is 19.1 Å². The Morgan fingerprint density at radius 3 is 2.46 bits per heavy atom. The van der Waals surface area contributed by atoms with Crippen LogP contribution in [0.5, 0.6) is 11.5 Å². The van der Waals surface area contributed by atoms with Crippen LogP contribution < -0.4 is 9.64 Å². The van der Waals surface area contributed by atoms with Crippen molar-refractivity contribution in [2.24, 2.45) is 0 Å². The number of carbonyl (C=O) groups excluding carboxylic acids is 1. The number of halogens is 1. The summed E-state index contributed by atoms with van der Waals surface area (Å²) in [5.74, 6) is 1.39. The first-order valence-corrected chi connectivity index (χ1v) is 12.1. The van der Waals surface area contributed by atoms with E-state index < -0.39 is 0 Å². The van der Waals surface area contributed by atoms with E-state index in [1.165, 1.54) is 17.7 Å². The first-order valence-electron chi connectivity index (χ1n) is 12.1. The van der Waals surface area contributed by atoms with Gasteiger partial charge in [-0.3, -0.25) is 4.90 Å². The van der Waals surface area contributed by atoms with Crippen LogP contribution in [0.3, 0.4) is 0 Å². The Morgan fingerprint density at radius 2 is 1.80 bits per heavy atom. The second kappa shape index (κ2) is 11.3. The fourth-order valence-electron chi connectivity index (χ4n) is 4.35. The number of aromatic nitrogens is 1. The average molecular weight is 478 g/mol. The highest BCUT2D eigenvalue weighted by molar-refractivity contribution is 5.94. The summed E-state index contributed by atoms with van der Waals surface area (Å²) in [6.07, 6.45) is 2.54. The highest BCUT2D eigenvalue weighted by Gasteiger charge is 2.30. The Labute approximate surface area is 206 Å². The molecule has 1 fully saturated rings. The van der Waals surface area contributed by atoms with Crippen molar-refractivity contribution in [2.75, 3.05) is 24.5 Å². The van der Waals surface area contributed by atoms with Crippen LogP contribution in [0.15, 0.2) is 66.9 Å². The molecule has 0 N–H and O–H groups in total. The second-order valence-electron chi connectivity index (χ2n) is 8.98. The fourth-order valence-corrected chi connectivity index (χ4v) is 4.35. The lowest BCUT2D eigenvalue weighted by Crippen LogP contribution is -2.37. The molecule has 0 bridgehead atoms. The molecule has 4 rings (SSSR count). The lowest BCUT2D eigenvalue weighted by Gasteiger charge is -2.28. The van der Waals surface area contributed by atoms with Gasteiger partial charge in [0.25, 0.3) is 0 Å². The van der Waals surface area contributed by atoms with E-state index in [0.717, 1.165) is 32.6 Å². The summed E-state index contributed by atoms with van der Waals surface area (Å²) >= 11 is 0. The van der Waals surface area contributed by atoms with Gasteiger partial charge < -0.3 is 14.4 Å². The molecule has 7 heteroatoms. The zero-order valence-corrected chi connectivity index (χ0v) is 20.5. The summed E-state index contributed by atoms with van der Waals surface area (Å²) < 4.78 is 24.3. The first kappa shape index (κ1) is 24.7. The Morgan fingerprint density at radius 1 is 1.11 bits per heavy atom. The molecule has 2 heterocycles. The molecule has 0 aliphatic carbocycles. The second-order valence-corrected chi connectivity index (χ2v) is 8.98. The normalized spacial score (nSPS) is 15.6. The Balaban J connectivity index is 1.38. The predicted molar refractivity (Wildman–Crippen MR) is 134 cm³/mol. The summed E-state index contributed by atoms with van der Waals surface area (Å²) in [4.78, 5) is 21.7. The smallest absolute Gasteiger partial charge is 0.342 e. The highest BCUT2D eigenvalue weighted by atomic mass is 19.1. The zero-order valence-electron chi connectivity index (χ0n) is 20.5. The molecule has 0 spiro atoms.